The van der Waals surface area contributed by atoms with Crippen LogP contribution in [0.3, 0.4) is 0 Å². The van der Waals surface area contributed by atoms with Gasteiger partial charge in [0.15, 0.2) is 0 Å². The number of pyridine rings is 1. The summed E-state index contributed by atoms with van der Waals surface area (Å²) in [6.07, 6.45) is -3.37. The minimum Gasteiger partial charge on any atom is -0.370 e. The number of hydrogen-bond donors (Lipinski definition) is 1. The van der Waals surface area contributed by atoms with Gasteiger partial charge in [0, 0.05) is 19.1 Å². The quantitative estimate of drug-likeness (QED) is 0.917. The Morgan fingerprint density at radius 1 is 1.35 bits per heavy atom. The molecule has 1 aliphatic rings. The van der Waals surface area contributed by atoms with Crippen molar-refractivity contribution in [3.8, 4) is 0 Å². The van der Waals surface area contributed by atoms with Gasteiger partial charge in [0.25, 0.3) is 0 Å². The Hall–Kier alpha value is -1.46. The standard InChI is InChI=1S/C14H20F3N3/c1-4-18-12-6-11(14(15,16)17)7-13(19-12)20-8-9(2)5-10(20)3/h6-7,9-10H,4-5,8H2,1-3H3,(H,18,19). The number of aromatic nitrogens is 1. The minimum atomic E-state index is -4.35. The fraction of sp³-hybridized carbons (Fsp3) is 0.643. The molecule has 0 aromatic carbocycles. The lowest BCUT2D eigenvalue weighted by molar-refractivity contribution is -0.137. The van der Waals surface area contributed by atoms with Gasteiger partial charge in [-0.1, -0.05) is 6.92 Å². The molecule has 1 aliphatic heterocycles. The lowest BCUT2D eigenvalue weighted by Gasteiger charge is -2.24. The third-order valence-corrected chi connectivity index (χ3v) is 3.58. The van der Waals surface area contributed by atoms with Crippen LogP contribution >= 0.6 is 0 Å². The molecule has 2 atom stereocenters. The zero-order chi connectivity index (χ0) is 14.9. The van der Waals surface area contributed by atoms with Gasteiger partial charge in [-0.3, -0.25) is 0 Å². The Kier molecular flexibility index (Phi) is 4.11. The fourth-order valence-corrected chi connectivity index (χ4v) is 2.72. The first-order valence-corrected chi connectivity index (χ1v) is 6.91. The monoisotopic (exact) mass is 287 g/mol. The summed E-state index contributed by atoms with van der Waals surface area (Å²) < 4.78 is 38.9. The number of hydrogen-bond acceptors (Lipinski definition) is 3. The fourth-order valence-electron chi connectivity index (χ4n) is 2.72. The summed E-state index contributed by atoms with van der Waals surface area (Å²) in [5, 5.41) is 2.87. The lowest BCUT2D eigenvalue weighted by Crippen LogP contribution is -2.28. The molecule has 2 rings (SSSR count). The second kappa shape index (κ2) is 5.50. The van der Waals surface area contributed by atoms with Gasteiger partial charge in [0.2, 0.25) is 0 Å². The smallest absolute Gasteiger partial charge is 0.370 e. The summed E-state index contributed by atoms with van der Waals surface area (Å²) in [7, 11) is 0. The second-order valence-electron chi connectivity index (χ2n) is 5.47. The first-order valence-electron chi connectivity index (χ1n) is 6.91. The first kappa shape index (κ1) is 14.9. The molecule has 0 radical (unpaired) electrons. The first-order chi connectivity index (χ1) is 9.31. The van der Waals surface area contributed by atoms with Crippen LogP contribution in [0.2, 0.25) is 0 Å². The average molecular weight is 287 g/mol. The van der Waals surface area contributed by atoms with E-state index < -0.39 is 11.7 Å². The van der Waals surface area contributed by atoms with E-state index in [1.165, 1.54) is 0 Å². The third kappa shape index (κ3) is 3.16. The minimum absolute atomic E-state index is 0.218. The van der Waals surface area contributed by atoms with E-state index in [9.17, 15) is 13.2 Å². The van der Waals surface area contributed by atoms with Crippen LogP contribution in [0.15, 0.2) is 12.1 Å². The van der Waals surface area contributed by atoms with Crippen LogP contribution in [0.25, 0.3) is 0 Å². The summed E-state index contributed by atoms with van der Waals surface area (Å²) in [6.45, 7) is 7.26. The van der Waals surface area contributed by atoms with Crippen LogP contribution in [0.4, 0.5) is 24.8 Å². The van der Waals surface area contributed by atoms with Crippen molar-refractivity contribution in [3.63, 3.8) is 0 Å². The molecule has 1 aromatic rings. The maximum atomic E-state index is 13.0. The maximum Gasteiger partial charge on any atom is 0.416 e. The number of alkyl halides is 3. The molecule has 0 amide bonds. The van der Waals surface area contributed by atoms with E-state index >= 15 is 0 Å². The predicted octanol–water partition coefficient (Wildman–Crippen LogP) is 3.77. The van der Waals surface area contributed by atoms with Crippen LogP contribution in [0.1, 0.15) is 32.8 Å². The van der Waals surface area contributed by atoms with Crippen LogP contribution in [0.5, 0.6) is 0 Å². The molecule has 0 bridgehead atoms. The van der Waals surface area contributed by atoms with E-state index in [2.05, 4.69) is 17.2 Å². The van der Waals surface area contributed by atoms with Gasteiger partial charge < -0.3 is 10.2 Å². The molecule has 112 valence electrons. The van der Waals surface area contributed by atoms with Gasteiger partial charge in [-0.05, 0) is 38.3 Å². The molecule has 3 nitrogen and oxygen atoms in total. The molecule has 1 N–H and O–H groups in total. The number of nitrogens with zero attached hydrogens (tertiary/aromatic N) is 2. The van der Waals surface area contributed by atoms with Crippen molar-refractivity contribution in [1.29, 1.82) is 0 Å². The SMILES string of the molecule is CCNc1cc(C(F)(F)F)cc(N2CC(C)CC2C)n1. The summed E-state index contributed by atoms with van der Waals surface area (Å²) in [6, 6.07) is 2.43. The number of anilines is 2. The summed E-state index contributed by atoms with van der Waals surface area (Å²) >= 11 is 0. The third-order valence-electron chi connectivity index (χ3n) is 3.58. The summed E-state index contributed by atoms with van der Waals surface area (Å²) in [5.74, 6) is 1.17. The topological polar surface area (TPSA) is 28.2 Å². The summed E-state index contributed by atoms with van der Waals surface area (Å²) in [5.41, 5.74) is -0.648. The van der Waals surface area contributed by atoms with Gasteiger partial charge in [-0.15, -0.1) is 0 Å². The van der Waals surface area contributed by atoms with E-state index in [1.807, 2.05) is 18.7 Å². The van der Waals surface area contributed by atoms with E-state index in [0.29, 0.717) is 18.3 Å². The molecule has 1 fully saturated rings. The number of rotatable bonds is 3. The average Bonchev–Trinajstić information content (AvgIpc) is 2.67. The highest BCUT2D eigenvalue weighted by molar-refractivity contribution is 5.52. The van der Waals surface area contributed by atoms with Crippen LogP contribution < -0.4 is 10.2 Å². The van der Waals surface area contributed by atoms with E-state index in [-0.39, 0.29) is 11.9 Å². The van der Waals surface area contributed by atoms with Crippen LogP contribution in [0, 0.1) is 5.92 Å². The van der Waals surface area contributed by atoms with Gasteiger partial charge >= 0.3 is 6.18 Å². The van der Waals surface area contributed by atoms with E-state index in [4.69, 9.17) is 0 Å². The van der Waals surface area contributed by atoms with Gasteiger partial charge in [0.1, 0.15) is 11.6 Å². The van der Waals surface area contributed by atoms with Gasteiger partial charge in [0.05, 0.1) is 5.56 Å². The van der Waals surface area contributed by atoms with Crippen molar-refractivity contribution >= 4 is 11.6 Å². The molecular formula is C14H20F3N3. The van der Waals surface area contributed by atoms with Crippen molar-refractivity contribution in [2.45, 2.75) is 39.4 Å². The van der Waals surface area contributed by atoms with Crippen molar-refractivity contribution in [1.82, 2.24) is 4.98 Å². The molecule has 2 heterocycles. The highest BCUT2D eigenvalue weighted by Crippen LogP contribution is 2.35. The van der Waals surface area contributed by atoms with Crippen molar-refractivity contribution in [2.75, 3.05) is 23.3 Å². The lowest BCUT2D eigenvalue weighted by atomic mass is 10.1. The molecule has 0 saturated carbocycles. The van der Waals surface area contributed by atoms with Crippen LogP contribution in [-0.4, -0.2) is 24.1 Å². The van der Waals surface area contributed by atoms with E-state index in [1.54, 1.807) is 0 Å². The Morgan fingerprint density at radius 3 is 2.55 bits per heavy atom. The number of halogens is 3. The molecule has 1 aromatic heterocycles. The molecule has 20 heavy (non-hydrogen) atoms. The Bertz CT molecular complexity index is 473. The summed E-state index contributed by atoms with van der Waals surface area (Å²) in [4.78, 5) is 6.28. The highest BCUT2D eigenvalue weighted by atomic mass is 19.4. The molecule has 6 heteroatoms. The van der Waals surface area contributed by atoms with Gasteiger partial charge in [-0.2, -0.15) is 13.2 Å². The molecular weight excluding hydrogens is 267 g/mol. The Balaban J connectivity index is 2.39. The van der Waals surface area contributed by atoms with Crippen molar-refractivity contribution in [2.24, 2.45) is 5.92 Å². The Morgan fingerprint density at radius 2 is 2.05 bits per heavy atom. The van der Waals surface area contributed by atoms with Crippen molar-refractivity contribution < 1.29 is 13.2 Å². The largest absolute Gasteiger partial charge is 0.416 e. The normalized spacial score (nSPS) is 23.2. The van der Waals surface area contributed by atoms with Gasteiger partial charge in [-0.25, -0.2) is 4.98 Å². The van der Waals surface area contributed by atoms with E-state index in [0.717, 1.165) is 25.1 Å². The molecule has 1 saturated heterocycles. The molecule has 2 unspecified atom stereocenters. The second-order valence-corrected chi connectivity index (χ2v) is 5.47. The Labute approximate surface area is 117 Å². The zero-order valence-electron chi connectivity index (χ0n) is 12.0. The predicted molar refractivity (Wildman–Crippen MR) is 74.0 cm³/mol. The highest BCUT2D eigenvalue weighted by Gasteiger charge is 2.34. The molecule has 0 spiro atoms. The van der Waals surface area contributed by atoms with Crippen molar-refractivity contribution in [3.05, 3.63) is 17.7 Å². The molecule has 0 aliphatic carbocycles. The zero-order valence-corrected chi connectivity index (χ0v) is 12.0. The maximum absolute atomic E-state index is 13.0. The van der Waals surface area contributed by atoms with Crippen LogP contribution in [-0.2, 0) is 6.18 Å². The number of nitrogens with one attached hydrogen (secondary N) is 1.